The Morgan fingerprint density at radius 1 is 1.44 bits per heavy atom. The Morgan fingerprint density at radius 2 is 2.06 bits per heavy atom. The van der Waals surface area contributed by atoms with Crippen molar-refractivity contribution in [1.82, 2.24) is 10.2 Å². The molecule has 16 heavy (non-hydrogen) atoms. The molecule has 0 aliphatic rings. The summed E-state index contributed by atoms with van der Waals surface area (Å²) in [5, 5.41) is 11.6. The fraction of sp³-hybridized carbons (Fsp3) is 0.909. The van der Waals surface area contributed by atoms with E-state index in [-0.39, 0.29) is 0 Å². The van der Waals surface area contributed by atoms with Gasteiger partial charge in [-0.05, 0) is 46.8 Å². The number of hydrogen-bond donors (Lipinski definition) is 3. The van der Waals surface area contributed by atoms with Crippen molar-refractivity contribution < 1.29 is 9.90 Å². The van der Waals surface area contributed by atoms with Gasteiger partial charge in [-0.2, -0.15) is 0 Å². The third-order valence-corrected chi connectivity index (χ3v) is 2.68. The lowest BCUT2D eigenvalue weighted by molar-refractivity contribution is -0.138. The second kappa shape index (κ2) is 8.50. The molecule has 0 saturated heterocycles. The van der Waals surface area contributed by atoms with Crippen LogP contribution in [0.1, 0.15) is 26.7 Å². The highest BCUT2D eigenvalue weighted by molar-refractivity contribution is 5.73. The van der Waals surface area contributed by atoms with Gasteiger partial charge in [0, 0.05) is 12.6 Å². The number of unbranched alkanes of at least 4 members (excludes halogenated alkanes) is 1. The lowest BCUT2D eigenvalue weighted by atomic mass is 10.2. The van der Waals surface area contributed by atoms with Crippen LogP contribution in [-0.2, 0) is 4.79 Å². The number of aliphatic carboxylic acids is 1. The van der Waals surface area contributed by atoms with Gasteiger partial charge in [0.2, 0.25) is 0 Å². The summed E-state index contributed by atoms with van der Waals surface area (Å²) >= 11 is 0. The van der Waals surface area contributed by atoms with Crippen LogP contribution in [-0.4, -0.2) is 54.7 Å². The van der Waals surface area contributed by atoms with Crippen molar-refractivity contribution in [2.45, 2.75) is 38.8 Å². The predicted molar refractivity (Wildman–Crippen MR) is 65.5 cm³/mol. The molecule has 5 heteroatoms. The summed E-state index contributed by atoms with van der Waals surface area (Å²) in [5.74, 6) is -0.952. The van der Waals surface area contributed by atoms with E-state index in [1.165, 1.54) is 0 Å². The standard InChI is InChI=1S/C11H25N3O2/c1-9(2)14(3)7-5-4-6-13-8-10(12)11(15)16/h9-10,13H,4-8,12H2,1-3H3,(H,15,16). The monoisotopic (exact) mass is 231 g/mol. The SMILES string of the molecule is CC(C)N(C)CCCCNCC(N)C(=O)O. The Bertz CT molecular complexity index is 198. The third-order valence-electron chi connectivity index (χ3n) is 2.68. The van der Waals surface area contributed by atoms with Crippen LogP contribution in [0.3, 0.4) is 0 Å². The maximum Gasteiger partial charge on any atom is 0.321 e. The molecule has 96 valence electrons. The van der Waals surface area contributed by atoms with Crippen LogP contribution < -0.4 is 11.1 Å². The molecular weight excluding hydrogens is 206 g/mol. The van der Waals surface area contributed by atoms with Crippen molar-refractivity contribution in [2.24, 2.45) is 5.73 Å². The number of carboxylic acid groups (broad SMARTS) is 1. The van der Waals surface area contributed by atoms with Crippen LogP contribution in [0.15, 0.2) is 0 Å². The normalized spacial score (nSPS) is 13.4. The maximum absolute atomic E-state index is 10.4. The fourth-order valence-corrected chi connectivity index (χ4v) is 1.21. The van der Waals surface area contributed by atoms with Crippen molar-refractivity contribution in [3.8, 4) is 0 Å². The van der Waals surface area contributed by atoms with Crippen molar-refractivity contribution in [1.29, 1.82) is 0 Å². The van der Waals surface area contributed by atoms with E-state index in [0.29, 0.717) is 12.6 Å². The Labute approximate surface area is 98.0 Å². The maximum atomic E-state index is 10.4. The molecule has 0 radical (unpaired) electrons. The van der Waals surface area contributed by atoms with E-state index in [2.05, 4.69) is 31.1 Å². The second-order valence-electron chi connectivity index (χ2n) is 4.43. The highest BCUT2D eigenvalue weighted by Gasteiger charge is 2.09. The molecule has 1 unspecified atom stereocenters. The molecular formula is C11H25N3O2. The van der Waals surface area contributed by atoms with Crippen LogP contribution in [0, 0.1) is 0 Å². The third kappa shape index (κ3) is 7.62. The Kier molecular flexibility index (Phi) is 8.15. The Balaban J connectivity index is 3.31. The highest BCUT2D eigenvalue weighted by Crippen LogP contribution is 1.97. The van der Waals surface area contributed by atoms with Gasteiger partial charge < -0.3 is 21.1 Å². The molecule has 0 aromatic carbocycles. The lowest BCUT2D eigenvalue weighted by Crippen LogP contribution is -2.40. The number of rotatable bonds is 9. The van der Waals surface area contributed by atoms with E-state index in [4.69, 9.17) is 10.8 Å². The summed E-state index contributed by atoms with van der Waals surface area (Å²) in [6.07, 6.45) is 2.16. The average molecular weight is 231 g/mol. The zero-order chi connectivity index (χ0) is 12.6. The zero-order valence-electron chi connectivity index (χ0n) is 10.6. The topological polar surface area (TPSA) is 78.6 Å². The van der Waals surface area contributed by atoms with Crippen molar-refractivity contribution >= 4 is 5.97 Å². The smallest absolute Gasteiger partial charge is 0.321 e. The first kappa shape index (κ1) is 15.3. The molecule has 0 rings (SSSR count). The zero-order valence-corrected chi connectivity index (χ0v) is 10.6. The van der Waals surface area contributed by atoms with Gasteiger partial charge in [0.15, 0.2) is 0 Å². The summed E-state index contributed by atoms with van der Waals surface area (Å²) in [6, 6.07) is -0.216. The minimum Gasteiger partial charge on any atom is -0.480 e. The van der Waals surface area contributed by atoms with Gasteiger partial charge in [0.1, 0.15) is 6.04 Å². The van der Waals surface area contributed by atoms with E-state index in [1.807, 2.05) is 0 Å². The minimum absolute atomic E-state index is 0.343. The molecule has 4 N–H and O–H groups in total. The molecule has 0 saturated carbocycles. The average Bonchev–Trinajstić information content (AvgIpc) is 2.21. The number of nitrogens with one attached hydrogen (secondary N) is 1. The number of carboxylic acids is 1. The fourth-order valence-electron chi connectivity index (χ4n) is 1.21. The molecule has 1 atom stereocenters. The van der Waals surface area contributed by atoms with Crippen LogP contribution in [0.25, 0.3) is 0 Å². The van der Waals surface area contributed by atoms with E-state index in [0.717, 1.165) is 25.9 Å². The number of nitrogens with two attached hydrogens (primary N) is 1. The second-order valence-corrected chi connectivity index (χ2v) is 4.43. The minimum atomic E-state index is -0.952. The summed E-state index contributed by atoms with van der Waals surface area (Å²) < 4.78 is 0. The van der Waals surface area contributed by atoms with Crippen LogP contribution >= 0.6 is 0 Å². The van der Waals surface area contributed by atoms with Gasteiger partial charge in [-0.1, -0.05) is 0 Å². The number of hydrogen-bond acceptors (Lipinski definition) is 4. The van der Waals surface area contributed by atoms with Crippen LogP contribution in [0.2, 0.25) is 0 Å². The van der Waals surface area contributed by atoms with Crippen LogP contribution in [0.4, 0.5) is 0 Å². The van der Waals surface area contributed by atoms with E-state index >= 15 is 0 Å². The molecule has 0 fully saturated rings. The van der Waals surface area contributed by atoms with Gasteiger partial charge in [-0.25, -0.2) is 0 Å². The Morgan fingerprint density at radius 3 is 2.56 bits per heavy atom. The molecule has 5 nitrogen and oxygen atoms in total. The van der Waals surface area contributed by atoms with Gasteiger partial charge in [-0.3, -0.25) is 4.79 Å². The van der Waals surface area contributed by atoms with Gasteiger partial charge in [-0.15, -0.1) is 0 Å². The number of nitrogens with zero attached hydrogens (tertiary/aromatic N) is 1. The first-order valence-corrected chi connectivity index (χ1v) is 5.84. The van der Waals surface area contributed by atoms with Crippen molar-refractivity contribution in [3.63, 3.8) is 0 Å². The molecule has 0 aromatic rings. The first-order chi connectivity index (χ1) is 7.45. The molecule has 0 amide bonds. The Hall–Kier alpha value is -0.650. The van der Waals surface area contributed by atoms with Gasteiger partial charge in [0.05, 0.1) is 0 Å². The van der Waals surface area contributed by atoms with E-state index in [1.54, 1.807) is 0 Å². The van der Waals surface area contributed by atoms with Crippen molar-refractivity contribution in [2.75, 3.05) is 26.7 Å². The van der Waals surface area contributed by atoms with Gasteiger partial charge >= 0.3 is 5.97 Å². The largest absolute Gasteiger partial charge is 0.480 e. The van der Waals surface area contributed by atoms with Crippen LogP contribution in [0.5, 0.6) is 0 Å². The molecule has 0 heterocycles. The molecule has 0 bridgehead atoms. The first-order valence-electron chi connectivity index (χ1n) is 5.84. The molecule has 0 aliphatic heterocycles. The highest BCUT2D eigenvalue weighted by atomic mass is 16.4. The summed E-state index contributed by atoms with van der Waals surface area (Å²) in [7, 11) is 2.11. The van der Waals surface area contributed by atoms with E-state index in [9.17, 15) is 4.79 Å². The quantitative estimate of drug-likeness (QED) is 0.491. The van der Waals surface area contributed by atoms with Gasteiger partial charge in [0.25, 0.3) is 0 Å². The molecule has 0 aromatic heterocycles. The molecule has 0 spiro atoms. The summed E-state index contributed by atoms with van der Waals surface area (Å²) in [6.45, 7) is 6.58. The summed E-state index contributed by atoms with van der Waals surface area (Å²) in [4.78, 5) is 12.7. The van der Waals surface area contributed by atoms with E-state index < -0.39 is 12.0 Å². The summed E-state index contributed by atoms with van der Waals surface area (Å²) in [5.41, 5.74) is 5.35. The van der Waals surface area contributed by atoms with Crippen molar-refractivity contribution in [3.05, 3.63) is 0 Å². The molecule has 0 aliphatic carbocycles. The predicted octanol–water partition coefficient (Wildman–Crippen LogP) is 0.108. The lowest BCUT2D eigenvalue weighted by Gasteiger charge is -2.20. The number of carbonyl (C=O) groups is 1.